The van der Waals surface area contributed by atoms with Gasteiger partial charge in [0.25, 0.3) is 5.69 Å². The first-order valence-electron chi connectivity index (χ1n) is 6.31. The van der Waals surface area contributed by atoms with Crippen LogP contribution in [0.2, 0.25) is 0 Å². The van der Waals surface area contributed by atoms with Gasteiger partial charge in [-0.1, -0.05) is 30.3 Å². The van der Waals surface area contributed by atoms with Gasteiger partial charge in [0.05, 0.1) is 12.1 Å². The van der Waals surface area contributed by atoms with E-state index in [1.54, 1.807) is 31.2 Å². The number of aliphatic hydroxyl groups is 1. The highest BCUT2D eigenvalue weighted by molar-refractivity contribution is 5.91. The molecule has 104 valence electrons. The van der Waals surface area contributed by atoms with E-state index in [2.05, 4.69) is 5.32 Å². The molecule has 0 saturated heterocycles. The summed E-state index contributed by atoms with van der Waals surface area (Å²) in [6.45, 7) is 1.69. The Kier molecular flexibility index (Phi) is 4.32. The minimum Gasteiger partial charge on any atom is -0.618 e. The summed E-state index contributed by atoms with van der Waals surface area (Å²) >= 11 is 0. The summed E-state index contributed by atoms with van der Waals surface area (Å²) in [5, 5.41) is 24.3. The van der Waals surface area contributed by atoms with Crippen LogP contribution in [0.15, 0.2) is 54.7 Å². The molecule has 1 amide bonds. The molecule has 0 aliphatic rings. The minimum absolute atomic E-state index is 0.000360. The number of nitrogens with zero attached hydrogens (tertiary/aromatic N) is 1. The third-order valence-electron chi connectivity index (χ3n) is 3.03. The summed E-state index contributed by atoms with van der Waals surface area (Å²) in [7, 11) is 0. The van der Waals surface area contributed by atoms with E-state index in [4.69, 9.17) is 0 Å². The lowest BCUT2D eigenvalue weighted by molar-refractivity contribution is -0.607. The molecule has 1 heterocycles. The molecule has 0 fully saturated rings. The van der Waals surface area contributed by atoms with Crippen LogP contribution in [0.4, 0.5) is 0 Å². The Labute approximate surface area is 117 Å². The van der Waals surface area contributed by atoms with Gasteiger partial charge in [-0.25, -0.2) is 0 Å². The maximum Gasteiger partial charge on any atom is 0.317 e. The van der Waals surface area contributed by atoms with Crippen molar-refractivity contribution >= 4 is 5.91 Å². The fourth-order valence-corrected chi connectivity index (χ4v) is 1.90. The van der Waals surface area contributed by atoms with Gasteiger partial charge in [0.1, 0.15) is 0 Å². The smallest absolute Gasteiger partial charge is 0.317 e. The van der Waals surface area contributed by atoms with Crippen molar-refractivity contribution in [2.24, 2.45) is 0 Å². The Morgan fingerprint density at radius 3 is 2.50 bits per heavy atom. The van der Waals surface area contributed by atoms with E-state index in [0.29, 0.717) is 10.3 Å². The maximum absolute atomic E-state index is 12.0. The number of nitrogens with one attached hydrogen (secondary N) is 1. The summed E-state index contributed by atoms with van der Waals surface area (Å²) in [5.74, 6) is -0.511. The minimum atomic E-state index is -0.830. The Bertz CT molecular complexity index is 587. The highest BCUT2D eigenvalue weighted by atomic mass is 16.5. The molecule has 2 rings (SSSR count). The quantitative estimate of drug-likeness (QED) is 0.648. The normalized spacial score (nSPS) is 13.5. The van der Waals surface area contributed by atoms with E-state index in [0.717, 1.165) is 0 Å². The number of rotatable bonds is 4. The van der Waals surface area contributed by atoms with Crippen LogP contribution in [0.3, 0.4) is 0 Å². The van der Waals surface area contributed by atoms with Gasteiger partial charge in [0.15, 0.2) is 6.20 Å². The van der Waals surface area contributed by atoms with E-state index in [9.17, 15) is 15.1 Å². The highest BCUT2D eigenvalue weighted by Gasteiger charge is 2.22. The molecule has 0 aliphatic carbocycles. The fraction of sp³-hybridized carbons (Fsp3) is 0.200. The Balaban J connectivity index is 2.07. The van der Waals surface area contributed by atoms with Crippen LogP contribution in [-0.4, -0.2) is 17.1 Å². The number of benzene rings is 1. The van der Waals surface area contributed by atoms with Crippen molar-refractivity contribution in [3.05, 3.63) is 71.2 Å². The molecule has 0 spiro atoms. The second-order valence-corrected chi connectivity index (χ2v) is 4.53. The molecule has 0 bridgehead atoms. The predicted octanol–water partition coefficient (Wildman–Crippen LogP) is 1.17. The largest absolute Gasteiger partial charge is 0.618 e. The van der Waals surface area contributed by atoms with E-state index in [1.165, 1.54) is 12.3 Å². The molecule has 0 saturated carbocycles. The van der Waals surface area contributed by atoms with Crippen molar-refractivity contribution in [1.82, 2.24) is 5.32 Å². The third kappa shape index (κ3) is 3.13. The lowest BCUT2D eigenvalue weighted by atomic mass is 10.0. The van der Waals surface area contributed by atoms with E-state index in [1.807, 2.05) is 18.2 Å². The number of carbonyl (C=O) groups is 1. The average molecular weight is 272 g/mol. The summed E-state index contributed by atoms with van der Waals surface area (Å²) in [6, 6.07) is 13.1. The zero-order valence-corrected chi connectivity index (χ0v) is 11.1. The molecule has 2 atom stereocenters. The molecule has 5 nitrogen and oxygen atoms in total. The fourth-order valence-electron chi connectivity index (χ4n) is 1.90. The number of carbonyl (C=O) groups excluding carboxylic acids is 1. The van der Waals surface area contributed by atoms with Crippen LogP contribution < -0.4 is 10.0 Å². The summed E-state index contributed by atoms with van der Waals surface area (Å²) in [5.41, 5.74) is 0.711. The molecular formula is C15H16N2O3. The molecule has 0 radical (unpaired) electrons. The molecule has 20 heavy (non-hydrogen) atoms. The number of aliphatic hydroxyl groups excluding tert-OH is 1. The number of aromatic nitrogens is 1. The van der Waals surface area contributed by atoms with Gasteiger partial charge in [-0.3, -0.25) is 4.79 Å². The van der Waals surface area contributed by atoms with Crippen molar-refractivity contribution in [1.29, 1.82) is 0 Å². The first-order chi connectivity index (χ1) is 9.59. The van der Waals surface area contributed by atoms with Crippen LogP contribution in [0.5, 0.6) is 0 Å². The molecule has 1 aromatic heterocycles. The topological polar surface area (TPSA) is 76.3 Å². The molecule has 2 N–H and O–H groups in total. The lowest BCUT2D eigenvalue weighted by Crippen LogP contribution is -2.43. The van der Waals surface area contributed by atoms with Crippen LogP contribution in [0.25, 0.3) is 0 Å². The van der Waals surface area contributed by atoms with E-state index in [-0.39, 0.29) is 5.69 Å². The molecular weight excluding hydrogens is 256 g/mol. The van der Waals surface area contributed by atoms with Crippen molar-refractivity contribution in [2.75, 3.05) is 0 Å². The van der Waals surface area contributed by atoms with E-state index < -0.39 is 18.1 Å². The van der Waals surface area contributed by atoms with Crippen molar-refractivity contribution in [3.8, 4) is 0 Å². The summed E-state index contributed by atoms with van der Waals surface area (Å²) in [6.07, 6.45) is 0.427. The predicted molar refractivity (Wildman–Crippen MR) is 73.7 cm³/mol. The van der Waals surface area contributed by atoms with Gasteiger partial charge in [-0.2, -0.15) is 4.73 Å². The summed E-state index contributed by atoms with van der Waals surface area (Å²) in [4.78, 5) is 12.0. The van der Waals surface area contributed by atoms with Crippen LogP contribution in [0, 0.1) is 5.21 Å². The number of amides is 1. The Morgan fingerprint density at radius 1 is 1.20 bits per heavy atom. The van der Waals surface area contributed by atoms with Gasteiger partial charge in [0, 0.05) is 12.1 Å². The standard InChI is InChI=1S/C15H16N2O3/c1-11(14(18)12-7-3-2-4-8-12)16-15(19)13-9-5-6-10-17(13)20/h2-11,14,18H,1H3,(H,16,19)/t11-,14-/m0/s1. The highest BCUT2D eigenvalue weighted by Crippen LogP contribution is 2.16. The second kappa shape index (κ2) is 6.16. The van der Waals surface area contributed by atoms with Crippen molar-refractivity contribution in [2.45, 2.75) is 19.1 Å². The van der Waals surface area contributed by atoms with Crippen LogP contribution in [-0.2, 0) is 0 Å². The lowest BCUT2D eigenvalue weighted by Gasteiger charge is -2.20. The SMILES string of the molecule is C[C@H](NC(=O)c1cccc[n+]1[O-])[C@H](O)c1ccccc1. The first-order valence-corrected chi connectivity index (χ1v) is 6.31. The van der Waals surface area contributed by atoms with Crippen molar-refractivity contribution in [3.63, 3.8) is 0 Å². The molecule has 0 aliphatic heterocycles. The second-order valence-electron chi connectivity index (χ2n) is 4.53. The van der Waals surface area contributed by atoms with Gasteiger partial charge in [-0.15, -0.1) is 0 Å². The maximum atomic E-state index is 12.0. The average Bonchev–Trinajstić information content (AvgIpc) is 2.47. The zero-order valence-electron chi connectivity index (χ0n) is 11.1. The van der Waals surface area contributed by atoms with Gasteiger partial charge in [-0.05, 0) is 18.6 Å². The van der Waals surface area contributed by atoms with E-state index >= 15 is 0 Å². The zero-order chi connectivity index (χ0) is 14.5. The monoisotopic (exact) mass is 272 g/mol. The van der Waals surface area contributed by atoms with Crippen LogP contribution >= 0.6 is 0 Å². The molecule has 5 heteroatoms. The number of hydrogen-bond donors (Lipinski definition) is 2. The number of hydrogen-bond acceptors (Lipinski definition) is 3. The Morgan fingerprint density at radius 2 is 1.85 bits per heavy atom. The Hall–Kier alpha value is -2.40. The van der Waals surface area contributed by atoms with Gasteiger partial charge < -0.3 is 15.6 Å². The number of pyridine rings is 1. The van der Waals surface area contributed by atoms with Crippen LogP contribution in [0.1, 0.15) is 29.1 Å². The molecule has 0 unspecified atom stereocenters. The summed E-state index contributed by atoms with van der Waals surface area (Å²) < 4.78 is 0.497. The molecule has 1 aromatic carbocycles. The van der Waals surface area contributed by atoms with Crippen molar-refractivity contribution < 1.29 is 14.6 Å². The third-order valence-corrected chi connectivity index (χ3v) is 3.03. The first kappa shape index (κ1) is 14.0. The molecule has 2 aromatic rings. The van der Waals surface area contributed by atoms with Gasteiger partial charge >= 0.3 is 5.91 Å². The van der Waals surface area contributed by atoms with Gasteiger partial charge in [0.2, 0.25) is 0 Å².